The van der Waals surface area contributed by atoms with E-state index in [1.165, 1.54) is 17.3 Å². The lowest BCUT2D eigenvalue weighted by molar-refractivity contribution is -0.118. The predicted molar refractivity (Wildman–Crippen MR) is 113 cm³/mol. The summed E-state index contributed by atoms with van der Waals surface area (Å²) >= 11 is 1.37. The van der Waals surface area contributed by atoms with Gasteiger partial charge in [-0.2, -0.15) is 4.98 Å². The Bertz CT molecular complexity index is 934. The summed E-state index contributed by atoms with van der Waals surface area (Å²) < 4.78 is 7.51. The molecule has 2 aliphatic rings. The van der Waals surface area contributed by atoms with Gasteiger partial charge in [0.05, 0.1) is 18.4 Å². The van der Waals surface area contributed by atoms with Crippen molar-refractivity contribution >= 4 is 17.7 Å². The van der Waals surface area contributed by atoms with Gasteiger partial charge in [0.2, 0.25) is 5.91 Å². The van der Waals surface area contributed by atoms with Crippen LogP contribution in [0, 0.1) is 6.92 Å². The quantitative estimate of drug-likeness (QED) is 0.558. The zero-order chi connectivity index (χ0) is 20.2. The number of amides is 1. The molecule has 0 bridgehead atoms. The molecule has 1 saturated heterocycles. The Balaban J connectivity index is 1.39. The van der Waals surface area contributed by atoms with Crippen LogP contribution in [0.25, 0.3) is 0 Å². The summed E-state index contributed by atoms with van der Waals surface area (Å²) in [6.45, 7) is 3.92. The van der Waals surface area contributed by atoms with Crippen molar-refractivity contribution in [3.05, 3.63) is 57.1 Å². The largest absolute Gasteiger partial charge is 0.376 e. The fourth-order valence-corrected chi connectivity index (χ4v) is 4.88. The highest BCUT2D eigenvalue weighted by Gasteiger charge is 2.25. The van der Waals surface area contributed by atoms with Crippen molar-refractivity contribution in [1.29, 1.82) is 0 Å². The number of aryl methyl sites for hydroxylation is 1. The summed E-state index contributed by atoms with van der Waals surface area (Å²) in [5.74, 6) is 0.216. The van der Waals surface area contributed by atoms with Crippen molar-refractivity contribution in [1.82, 2.24) is 14.9 Å². The highest BCUT2D eigenvalue weighted by molar-refractivity contribution is 7.99. The molecular weight excluding hydrogens is 386 g/mol. The average Bonchev–Trinajstić information content (AvgIpc) is 3.40. The monoisotopic (exact) mass is 413 g/mol. The highest BCUT2D eigenvalue weighted by atomic mass is 32.2. The lowest BCUT2D eigenvalue weighted by Gasteiger charge is -2.17. The Labute approximate surface area is 175 Å². The standard InChI is InChI=1S/C22H27N3O3S/c1-15-7-9-16(10-8-15)12-23-20(26)14-29-21-18-5-2-6-19(18)25(22(27)24-21)13-17-4-3-11-28-17/h7-10,17H,2-6,11-14H2,1H3,(H,23,26). The first-order valence-electron chi connectivity index (χ1n) is 10.3. The highest BCUT2D eigenvalue weighted by Crippen LogP contribution is 2.29. The van der Waals surface area contributed by atoms with E-state index in [-0.39, 0.29) is 23.5 Å². The third-order valence-electron chi connectivity index (χ3n) is 5.56. The SMILES string of the molecule is Cc1ccc(CNC(=O)CSc2nc(=O)n(CC3CCCO3)c3c2CCC3)cc1. The van der Waals surface area contributed by atoms with E-state index in [9.17, 15) is 9.59 Å². The van der Waals surface area contributed by atoms with Gasteiger partial charge in [-0.05, 0) is 44.6 Å². The van der Waals surface area contributed by atoms with E-state index in [1.807, 2.05) is 31.2 Å². The van der Waals surface area contributed by atoms with Crippen LogP contribution in [0.1, 0.15) is 41.6 Å². The number of carbonyl (C=O) groups is 1. The van der Waals surface area contributed by atoms with Crippen LogP contribution in [0.4, 0.5) is 0 Å². The van der Waals surface area contributed by atoms with Gasteiger partial charge in [0.1, 0.15) is 5.03 Å². The molecule has 0 saturated carbocycles. The molecule has 1 N–H and O–H groups in total. The van der Waals surface area contributed by atoms with Crippen LogP contribution < -0.4 is 11.0 Å². The van der Waals surface area contributed by atoms with Crippen LogP contribution in [0.3, 0.4) is 0 Å². The van der Waals surface area contributed by atoms with E-state index >= 15 is 0 Å². The molecule has 2 aromatic rings. The van der Waals surface area contributed by atoms with E-state index in [1.54, 1.807) is 4.57 Å². The predicted octanol–water partition coefficient (Wildman–Crippen LogP) is 2.63. The Morgan fingerprint density at radius 1 is 1.28 bits per heavy atom. The number of thioether (sulfide) groups is 1. The molecule has 1 aliphatic heterocycles. The number of nitrogens with one attached hydrogen (secondary N) is 1. The van der Waals surface area contributed by atoms with Crippen molar-refractivity contribution < 1.29 is 9.53 Å². The van der Waals surface area contributed by atoms with E-state index in [0.717, 1.165) is 60.6 Å². The molecule has 154 valence electrons. The molecule has 0 radical (unpaired) electrons. The van der Waals surface area contributed by atoms with Crippen LogP contribution in [-0.2, 0) is 35.5 Å². The smallest absolute Gasteiger partial charge is 0.348 e. The first kappa shape index (κ1) is 20.2. The minimum Gasteiger partial charge on any atom is -0.376 e. The van der Waals surface area contributed by atoms with E-state index < -0.39 is 0 Å². The number of fused-ring (bicyclic) bond motifs is 1. The second-order valence-corrected chi connectivity index (χ2v) is 8.74. The van der Waals surface area contributed by atoms with E-state index in [4.69, 9.17) is 4.74 Å². The topological polar surface area (TPSA) is 73.2 Å². The van der Waals surface area contributed by atoms with Crippen LogP contribution >= 0.6 is 11.8 Å². The molecule has 1 amide bonds. The van der Waals surface area contributed by atoms with Gasteiger partial charge in [0.15, 0.2) is 0 Å². The summed E-state index contributed by atoms with van der Waals surface area (Å²) in [5, 5.41) is 3.66. The third-order valence-corrected chi connectivity index (χ3v) is 6.58. The molecule has 6 nitrogen and oxygen atoms in total. The Hall–Kier alpha value is -2.12. The number of aromatic nitrogens is 2. The summed E-state index contributed by atoms with van der Waals surface area (Å²) in [6.07, 6.45) is 5.01. The molecule has 1 aliphatic carbocycles. The van der Waals surface area contributed by atoms with Gasteiger partial charge >= 0.3 is 5.69 Å². The molecular formula is C22H27N3O3S. The van der Waals surface area contributed by atoms with Crippen molar-refractivity contribution in [3.63, 3.8) is 0 Å². The molecule has 7 heteroatoms. The molecule has 1 fully saturated rings. The van der Waals surface area contributed by atoms with E-state index in [2.05, 4.69) is 10.3 Å². The first-order chi connectivity index (χ1) is 14.1. The van der Waals surface area contributed by atoms with Crippen molar-refractivity contribution in [2.75, 3.05) is 12.4 Å². The number of nitrogens with zero attached hydrogens (tertiary/aromatic N) is 2. The molecule has 1 aromatic heterocycles. The average molecular weight is 414 g/mol. The van der Waals surface area contributed by atoms with Crippen molar-refractivity contribution in [3.8, 4) is 0 Å². The summed E-state index contributed by atoms with van der Waals surface area (Å²) in [6, 6.07) is 8.11. The maximum absolute atomic E-state index is 12.7. The lowest BCUT2D eigenvalue weighted by atomic mass is 10.1. The number of carbonyl (C=O) groups excluding carboxylic acids is 1. The second kappa shape index (κ2) is 9.13. The molecule has 0 spiro atoms. The Morgan fingerprint density at radius 2 is 2.10 bits per heavy atom. The number of benzene rings is 1. The molecule has 1 unspecified atom stereocenters. The second-order valence-electron chi connectivity index (χ2n) is 7.77. The van der Waals surface area contributed by atoms with Crippen molar-refractivity contribution in [2.24, 2.45) is 0 Å². The zero-order valence-electron chi connectivity index (χ0n) is 16.8. The van der Waals surface area contributed by atoms with Gasteiger partial charge in [0, 0.05) is 24.4 Å². The Morgan fingerprint density at radius 3 is 2.86 bits per heavy atom. The van der Waals surface area contributed by atoms with Gasteiger partial charge in [-0.25, -0.2) is 4.79 Å². The minimum atomic E-state index is -0.219. The normalized spacial score (nSPS) is 18.0. The molecule has 29 heavy (non-hydrogen) atoms. The van der Waals surface area contributed by atoms with Gasteiger partial charge in [0.25, 0.3) is 0 Å². The van der Waals surface area contributed by atoms with Gasteiger partial charge in [-0.15, -0.1) is 0 Å². The summed E-state index contributed by atoms with van der Waals surface area (Å²) in [7, 11) is 0. The van der Waals surface area contributed by atoms with Crippen LogP contribution in [0.15, 0.2) is 34.1 Å². The van der Waals surface area contributed by atoms with Gasteiger partial charge < -0.3 is 10.1 Å². The number of rotatable bonds is 7. The van der Waals surface area contributed by atoms with Gasteiger partial charge in [-0.3, -0.25) is 9.36 Å². The molecule has 1 atom stereocenters. The Kier molecular flexibility index (Phi) is 6.35. The maximum Gasteiger partial charge on any atom is 0.348 e. The van der Waals surface area contributed by atoms with Crippen LogP contribution in [0.2, 0.25) is 0 Å². The lowest BCUT2D eigenvalue weighted by Crippen LogP contribution is -2.32. The number of ether oxygens (including phenoxy) is 1. The minimum absolute atomic E-state index is 0.0485. The van der Waals surface area contributed by atoms with Crippen LogP contribution in [-0.4, -0.2) is 33.9 Å². The summed E-state index contributed by atoms with van der Waals surface area (Å²) in [5.41, 5.74) is 4.28. The van der Waals surface area contributed by atoms with Crippen LogP contribution in [0.5, 0.6) is 0 Å². The van der Waals surface area contributed by atoms with E-state index in [0.29, 0.717) is 13.1 Å². The molecule has 4 rings (SSSR count). The summed E-state index contributed by atoms with van der Waals surface area (Å²) in [4.78, 5) is 29.3. The maximum atomic E-state index is 12.7. The van der Waals surface area contributed by atoms with Gasteiger partial charge in [-0.1, -0.05) is 41.6 Å². The number of hydrogen-bond donors (Lipinski definition) is 1. The van der Waals surface area contributed by atoms with Crippen molar-refractivity contribution in [2.45, 2.75) is 63.2 Å². The third kappa shape index (κ3) is 4.90. The zero-order valence-corrected chi connectivity index (χ0v) is 17.6. The fraction of sp³-hybridized carbons (Fsp3) is 0.500. The first-order valence-corrected chi connectivity index (χ1v) is 11.3. The fourth-order valence-electron chi connectivity index (χ4n) is 3.98. The molecule has 1 aromatic carbocycles. The number of hydrogen-bond acceptors (Lipinski definition) is 5. The molecule has 2 heterocycles.